The van der Waals surface area contributed by atoms with Crippen molar-refractivity contribution in [2.24, 2.45) is 0 Å². The van der Waals surface area contributed by atoms with Gasteiger partial charge in [-0.3, -0.25) is 9.59 Å². The number of anilines is 1. The fourth-order valence-corrected chi connectivity index (χ4v) is 2.65. The summed E-state index contributed by atoms with van der Waals surface area (Å²) in [7, 11) is 1.52. The lowest BCUT2D eigenvalue weighted by Crippen LogP contribution is -2.49. The van der Waals surface area contributed by atoms with E-state index in [0.29, 0.717) is 30.1 Å². The van der Waals surface area contributed by atoms with E-state index in [4.69, 9.17) is 10.5 Å². The summed E-state index contributed by atoms with van der Waals surface area (Å²) >= 11 is 0. The normalized spacial score (nSPS) is 18.2. The van der Waals surface area contributed by atoms with E-state index in [1.54, 1.807) is 23.1 Å². The van der Waals surface area contributed by atoms with Crippen molar-refractivity contribution in [3.63, 3.8) is 0 Å². The minimum atomic E-state index is -0.124. The molecule has 1 aliphatic rings. The Morgan fingerprint density at radius 2 is 2.19 bits per heavy atom. The van der Waals surface area contributed by atoms with Crippen LogP contribution in [0.15, 0.2) is 18.2 Å². The number of carbonyl (C=O) groups excluding carboxylic acids is 2. The molecule has 3 N–H and O–H groups in total. The number of carbonyl (C=O) groups is 2. The second-order valence-electron chi connectivity index (χ2n) is 5.21. The number of amides is 2. The Hall–Kier alpha value is -2.24. The maximum Gasteiger partial charge on any atom is 0.256 e. The molecule has 6 nitrogen and oxygen atoms in total. The zero-order valence-corrected chi connectivity index (χ0v) is 12.4. The van der Waals surface area contributed by atoms with Crippen LogP contribution in [0.4, 0.5) is 5.69 Å². The second-order valence-corrected chi connectivity index (χ2v) is 5.21. The van der Waals surface area contributed by atoms with E-state index in [9.17, 15) is 9.59 Å². The van der Waals surface area contributed by atoms with Crippen molar-refractivity contribution >= 4 is 17.5 Å². The second kappa shape index (κ2) is 6.47. The maximum atomic E-state index is 12.6. The summed E-state index contributed by atoms with van der Waals surface area (Å²) in [4.78, 5) is 25.5. The van der Waals surface area contributed by atoms with Gasteiger partial charge in [0.05, 0.1) is 18.4 Å². The zero-order chi connectivity index (χ0) is 15.4. The predicted molar refractivity (Wildman–Crippen MR) is 80.1 cm³/mol. The number of benzene rings is 1. The maximum absolute atomic E-state index is 12.6. The Labute approximate surface area is 124 Å². The number of nitrogens with one attached hydrogen (secondary N) is 1. The lowest BCUT2D eigenvalue weighted by Gasteiger charge is -2.33. The summed E-state index contributed by atoms with van der Waals surface area (Å²) in [6, 6.07) is 5.18. The molecule has 0 radical (unpaired) electrons. The number of likely N-dealkylation sites (tertiary alicyclic amines) is 1. The summed E-state index contributed by atoms with van der Waals surface area (Å²) in [6.07, 6.45) is 1.75. The Morgan fingerprint density at radius 3 is 2.86 bits per heavy atom. The van der Waals surface area contributed by atoms with Crippen molar-refractivity contribution < 1.29 is 14.3 Å². The summed E-state index contributed by atoms with van der Waals surface area (Å²) in [6.45, 7) is 2.67. The van der Waals surface area contributed by atoms with E-state index in [-0.39, 0.29) is 17.9 Å². The Morgan fingerprint density at radius 1 is 1.43 bits per heavy atom. The average molecular weight is 291 g/mol. The molecule has 0 bridgehead atoms. The van der Waals surface area contributed by atoms with Crippen LogP contribution in [0.5, 0.6) is 5.75 Å². The number of methoxy groups -OCH3 is 1. The lowest BCUT2D eigenvalue weighted by molar-refractivity contribution is -0.120. The number of hydrogen-bond acceptors (Lipinski definition) is 4. The molecular formula is C15H21N3O3. The Kier molecular flexibility index (Phi) is 4.67. The fraction of sp³-hybridized carbons (Fsp3) is 0.467. The Bertz CT molecular complexity index is 545. The van der Waals surface area contributed by atoms with Crippen LogP contribution in [0.1, 0.15) is 30.1 Å². The van der Waals surface area contributed by atoms with Crippen molar-refractivity contribution in [2.75, 3.05) is 25.9 Å². The van der Waals surface area contributed by atoms with Gasteiger partial charge in [-0.25, -0.2) is 0 Å². The molecule has 2 rings (SSSR count). The van der Waals surface area contributed by atoms with E-state index >= 15 is 0 Å². The van der Waals surface area contributed by atoms with Crippen LogP contribution in [0.3, 0.4) is 0 Å². The van der Waals surface area contributed by atoms with E-state index < -0.39 is 0 Å². The minimum Gasteiger partial charge on any atom is -0.495 e. The Balaban J connectivity index is 2.14. The highest BCUT2D eigenvalue weighted by Crippen LogP contribution is 2.26. The van der Waals surface area contributed by atoms with Crippen molar-refractivity contribution in [3.05, 3.63) is 23.8 Å². The van der Waals surface area contributed by atoms with Gasteiger partial charge in [0.25, 0.3) is 5.91 Å². The third kappa shape index (κ3) is 3.45. The molecule has 1 unspecified atom stereocenters. The molecule has 0 saturated carbocycles. The van der Waals surface area contributed by atoms with Crippen molar-refractivity contribution in [1.29, 1.82) is 0 Å². The van der Waals surface area contributed by atoms with Gasteiger partial charge in [-0.05, 0) is 25.0 Å². The van der Waals surface area contributed by atoms with Crippen LogP contribution >= 0.6 is 0 Å². The molecule has 1 atom stereocenters. The van der Waals surface area contributed by atoms with Crippen molar-refractivity contribution in [1.82, 2.24) is 10.2 Å². The average Bonchev–Trinajstić information content (AvgIpc) is 2.46. The van der Waals surface area contributed by atoms with Crippen LogP contribution < -0.4 is 15.8 Å². The van der Waals surface area contributed by atoms with Gasteiger partial charge in [0.15, 0.2) is 0 Å². The first-order valence-corrected chi connectivity index (χ1v) is 7.01. The monoisotopic (exact) mass is 291 g/mol. The van der Waals surface area contributed by atoms with E-state index in [1.165, 1.54) is 14.0 Å². The molecule has 1 aliphatic heterocycles. The van der Waals surface area contributed by atoms with Gasteiger partial charge in [0.2, 0.25) is 5.91 Å². The van der Waals surface area contributed by atoms with Gasteiger partial charge < -0.3 is 20.7 Å². The van der Waals surface area contributed by atoms with Crippen LogP contribution in [-0.4, -0.2) is 43.0 Å². The highest BCUT2D eigenvalue weighted by Gasteiger charge is 2.26. The third-order valence-corrected chi connectivity index (χ3v) is 3.63. The summed E-state index contributed by atoms with van der Waals surface area (Å²) < 4.78 is 5.14. The van der Waals surface area contributed by atoms with Crippen LogP contribution in [0.25, 0.3) is 0 Å². The minimum absolute atomic E-state index is 0.00651. The van der Waals surface area contributed by atoms with E-state index in [0.717, 1.165) is 12.8 Å². The molecule has 1 fully saturated rings. The molecule has 1 aromatic rings. The topological polar surface area (TPSA) is 84.7 Å². The van der Waals surface area contributed by atoms with Crippen LogP contribution in [0.2, 0.25) is 0 Å². The summed E-state index contributed by atoms with van der Waals surface area (Å²) in [5.74, 6) is 0.299. The fourth-order valence-electron chi connectivity index (χ4n) is 2.65. The van der Waals surface area contributed by atoms with Crippen LogP contribution in [0, 0.1) is 0 Å². The van der Waals surface area contributed by atoms with Gasteiger partial charge in [0.1, 0.15) is 5.75 Å². The predicted octanol–water partition coefficient (Wildman–Crippen LogP) is 1.02. The number of nitrogens with zero attached hydrogens (tertiary/aromatic N) is 1. The van der Waals surface area contributed by atoms with Gasteiger partial charge in [-0.2, -0.15) is 0 Å². The third-order valence-electron chi connectivity index (χ3n) is 3.63. The number of para-hydroxylation sites is 1. The number of hydrogen-bond donors (Lipinski definition) is 2. The number of piperidine rings is 1. The lowest BCUT2D eigenvalue weighted by atomic mass is 10.0. The SMILES string of the molecule is COc1cccc(C(=O)N2CCCC(NC(C)=O)C2)c1N. The number of rotatable bonds is 3. The van der Waals surface area contributed by atoms with Crippen molar-refractivity contribution in [2.45, 2.75) is 25.8 Å². The van der Waals surface area contributed by atoms with Gasteiger partial charge in [-0.1, -0.05) is 6.07 Å². The quantitative estimate of drug-likeness (QED) is 0.814. The zero-order valence-electron chi connectivity index (χ0n) is 12.4. The first-order valence-electron chi connectivity index (χ1n) is 7.01. The van der Waals surface area contributed by atoms with Gasteiger partial charge in [0, 0.05) is 26.1 Å². The molecule has 1 saturated heterocycles. The molecular weight excluding hydrogens is 270 g/mol. The first kappa shape index (κ1) is 15.2. The molecule has 0 spiro atoms. The molecule has 21 heavy (non-hydrogen) atoms. The van der Waals surface area contributed by atoms with Gasteiger partial charge in [-0.15, -0.1) is 0 Å². The largest absolute Gasteiger partial charge is 0.495 e. The number of nitrogen functional groups attached to an aromatic ring is 1. The molecule has 6 heteroatoms. The molecule has 1 aromatic carbocycles. The molecule has 0 aromatic heterocycles. The summed E-state index contributed by atoms with van der Waals surface area (Å²) in [5, 5.41) is 2.87. The summed E-state index contributed by atoms with van der Waals surface area (Å²) in [5.41, 5.74) is 6.77. The number of ether oxygens (including phenoxy) is 1. The smallest absolute Gasteiger partial charge is 0.256 e. The van der Waals surface area contributed by atoms with Crippen LogP contribution in [-0.2, 0) is 4.79 Å². The van der Waals surface area contributed by atoms with E-state index in [1.807, 2.05) is 0 Å². The molecule has 2 amide bonds. The first-order chi connectivity index (χ1) is 10.0. The molecule has 114 valence electrons. The standard InChI is InChI=1S/C15H21N3O3/c1-10(19)17-11-5-4-8-18(9-11)15(20)12-6-3-7-13(21-2)14(12)16/h3,6-7,11H,4-5,8-9,16H2,1-2H3,(H,17,19). The molecule has 0 aliphatic carbocycles. The van der Waals surface area contributed by atoms with Crippen molar-refractivity contribution in [3.8, 4) is 5.75 Å². The number of nitrogens with two attached hydrogens (primary N) is 1. The van der Waals surface area contributed by atoms with Gasteiger partial charge >= 0.3 is 0 Å². The van der Waals surface area contributed by atoms with E-state index in [2.05, 4.69) is 5.32 Å². The highest BCUT2D eigenvalue weighted by molar-refractivity contribution is 6.00. The molecule has 1 heterocycles. The highest BCUT2D eigenvalue weighted by atomic mass is 16.5.